The molecule has 0 aliphatic rings. The van der Waals surface area contributed by atoms with Crippen LogP contribution in [-0.4, -0.2) is 0 Å². The van der Waals surface area contributed by atoms with Gasteiger partial charge >= 0.3 is 12.4 Å². The molecule has 0 saturated carbocycles. The Balaban J connectivity index is 1.87. The summed E-state index contributed by atoms with van der Waals surface area (Å²) in [6.07, 6.45) is -8.94. The maximum Gasteiger partial charge on any atom is 0.416 e. The SMILES string of the molecule is Nc1ccc(-c2ccc(N)cc2-c2ccc(C(F)(F)F)cc2)c(-c2ccc(C(F)(F)F)cc2)c1. The molecule has 4 rings (SSSR count). The molecule has 34 heavy (non-hydrogen) atoms. The van der Waals surface area contributed by atoms with Crippen molar-refractivity contribution < 1.29 is 26.3 Å². The monoisotopic (exact) mass is 472 g/mol. The van der Waals surface area contributed by atoms with Crippen molar-refractivity contribution in [1.82, 2.24) is 0 Å². The van der Waals surface area contributed by atoms with Crippen LogP contribution in [0.1, 0.15) is 11.1 Å². The molecule has 4 aromatic rings. The summed E-state index contributed by atoms with van der Waals surface area (Å²) in [5.74, 6) is 0. The fourth-order valence-electron chi connectivity index (χ4n) is 3.75. The highest BCUT2D eigenvalue weighted by Gasteiger charge is 2.31. The molecule has 8 heteroatoms. The summed E-state index contributed by atoms with van der Waals surface area (Å²) in [5, 5.41) is 0. The summed E-state index contributed by atoms with van der Waals surface area (Å²) in [7, 11) is 0. The van der Waals surface area contributed by atoms with Crippen molar-refractivity contribution in [3.8, 4) is 33.4 Å². The summed E-state index contributed by atoms with van der Waals surface area (Å²) < 4.78 is 78.1. The third kappa shape index (κ3) is 4.71. The van der Waals surface area contributed by atoms with Gasteiger partial charge in [0.05, 0.1) is 11.1 Å². The summed E-state index contributed by atoms with van der Waals surface area (Å²) >= 11 is 0. The van der Waals surface area contributed by atoms with E-state index in [9.17, 15) is 26.3 Å². The molecule has 0 bridgehead atoms. The van der Waals surface area contributed by atoms with Crippen molar-refractivity contribution >= 4 is 11.4 Å². The summed E-state index contributed by atoms with van der Waals surface area (Å²) in [6.45, 7) is 0. The minimum Gasteiger partial charge on any atom is -0.399 e. The first kappa shape index (κ1) is 23.2. The Morgan fingerprint density at radius 2 is 0.735 bits per heavy atom. The van der Waals surface area contributed by atoms with E-state index in [1.807, 2.05) is 0 Å². The van der Waals surface area contributed by atoms with Crippen LogP contribution in [0.25, 0.3) is 33.4 Å². The first-order valence-electron chi connectivity index (χ1n) is 10.1. The molecule has 0 saturated heterocycles. The number of nitrogens with two attached hydrogens (primary N) is 2. The summed E-state index contributed by atoms with van der Waals surface area (Å²) in [6, 6.07) is 19.4. The van der Waals surface area contributed by atoms with Gasteiger partial charge in [-0.05, 0) is 81.9 Å². The molecule has 0 aliphatic heterocycles. The highest BCUT2D eigenvalue weighted by Crippen LogP contribution is 2.41. The smallest absolute Gasteiger partial charge is 0.399 e. The highest BCUT2D eigenvalue weighted by atomic mass is 19.4. The van der Waals surface area contributed by atoms with Gasteiger partial charge in [-0.3, -0.25) is 0 Å². The molecule has 2 nitrogen and oxygen atoms in total. The number of benzene rings is 4. The van der Waals surface area contributed by atoms with Gasteiger partial charge in [-0.25, -0.2) is 0 Å². The standard InChI is InChI=1S/C26H18F6N2/c27-25(28,29)17-5-1-15(2-6-17)23-13-19(33)9-11-21(23)22-12-10-20(34)14-24(22)16-3-7-18(8-4-16)26(30,31)32/h1-14H,33-34H2. The zero-order valence-electron chi connectivity index (χ0n) is 17.5. The average Bonchev–Trinajstić information content (AvgIpc) is 2.78. The largest absolute Gasteiger partial charge is 0.416 e. The first-order valence-corrected chi connectivity index (χ1v) is 10.1. The van der Waals surface area contributed by atoms with E-state index >= 15 is 0 Å². The highest BCUT2D eigenvalue weighted by molar-refractivity contribution is 5.93. The third-order valence-corrected chi connectivity index (χ3v) is 5.42. The van der Waals surface area contributed by atoms with Gasteiger partial charge in [0.1, 0.15) is 0 Å². The summed E-state index contributed by atoms with van der Waals surface area (Å²) in [5.41, 5.74) is 14.6. The average molecular weight is 472 g/mol. The maximum atomic E-state index is 13.0. The van der Waals surface area contributed by atoms with E-state index in [1.165, 1.54) is 24.3 Å². The van der Waals surface area contributed by atoms with E-state index in [-0.39, 0.29) is 0 Å². The van der Waals surface area contributed by atoms with Crippen LogP contribution in [0.5, 0.6) is 0 Å². The van der Waals surface area contributed by atoms with Crippen LogP contribution >= 0.6 is 0 Å². The van der Waals surface area contributed by atoms with E-state index in [4.69, 9.17) is 11.5 Å². The van der Waals surface area contributed by atoms with Crippen molar-refractivity contribution in [2.75, 3.05) is 11.5 Å². The molecule has 0 atom stereocenters. The fourth-order valence-corrected chi connectivity index (χ4v) is 3.75. The van der Waals surface area contributed by atoms with E-state index < -0.39 is 23.5 Å². The second-order valence-corrected chi connectivity index (χ2v) is 7.76. The number of nitrogen functional groups attached to an aromatic ring is 2. The van der Waals surface area contributed by atoms with Crippen LogP contribution in [-0.2, 0) is 12.4 Å². The molecular weight excluding hydrogens is 454 g/mol. The predicted molar refractivity (Wildman–Crippen MR) is 122 cm³/mol. The fraction of sp³-hybridized carbons (Fsp3) is 0.0769. The zero-order valence-corrected chi connectivity index (χ0v) is 17.5. The van der Waals surface area contributed by atoms with Crippen LogP contribution in [0.4, 0.5) is 37.7 Å². The normalized spacial score (nSPS) is 12.1. The van der Waals surface area contributed by atoms with Gasteiger partial charge in [0.15, 0.2) is 0 Å². The Morgan fingerprint density at radius 3 is 1.03 bits per heavy atom. The van der Waals surface area contributed by atoms with Gasteiger partial charge < -0.3 is 11.5 Å². The first-order chi connectivity index (χ1) is 15.9. The Morgan fingerprint density at radius 1 is 0.412 bits per heavy atom. The van der Waals surface area contributed by atoms with E-state index in [2.05, 4.69) is 0 Å². The Labute approximate surface area is 191 Å². The van der Waals surface area contributed by atoms with Crippen LogP contribution in [0.3, 0.4) is 0 Å². The van der Waals surface area contributed by atoms with Gasteiger partial charge in [0.25, 0.3) is 0 Å². The maximum absolute atomic E-state index is 13.0. The molecule has 0 heterocycles. The third-order valence-electron chi connectivity index (χ3n) is 5.42. The number of halogens is 6. The molecule has 0 radical (unpaired) electrons. The molecule has 0 aromatic heterocycles. The molecule has 4 N–H and O–H groups in total. The molecule has 0 aliphatic carbocycles. The van der Waals surface area contributed by atoms with Gasteiger partial charge in [0.2, 0.25) is 0 Å². The van der Waals surface area contributed by atoms with Crippen LogP contribution < -0.4 is 11.5 Å². The molecule has 4 aromatic carbocycles. The lowest BCUT2D eigenvalue weighted by molar-refractivity contribution is -0.138. The second kappa shape index (κ2) is 8.44. The Hall–Kier alpha value is -3.94. The minimum absolute atomic E-state index is 0.408. The number of hydrogen-bond donors (Lipinski definition) is 2. The molecule has 0 fully saturated rings. The van der Waals surface area contributed by atoms with Crippen molar-refractivity contribution in [2.24, 2.45) is 0 Å². The zero-order chi connectivity index (χ0) is 24.7. The predicted octanol–water partition coefficient (Wildman–Crippen LogP) is 7.89. The quantitative estimate of drug-likeness (QED) is 0.235. The Kier molecular flexibility index (Phi) is 5.77. The van der Waals surface area contributed by atoms with E-state index in [0.717, 1.165) is 24.3 Å². The van der Waals surface area contributed by atoms with Gasteiger partial charge in [-0.2, -0.15) is 26.3 Å². The second-order valence-electron chi connectivity index (χ2n) is 7.76. The number of rotatable bonds is 3. The molecular formula is C26H18F6N2. The van der Waals surface area contributed by atoms with E-state index in [1.54, 1.807) is 36.4 Å². The topological polar surface area (TPSA) is 52.0 Å². The van der Waals surface area contributed by atoms with Gasteiger partial charge in [-0.15, -0.1) is 0 Å². The van der Waals surface area contributed by atoms with Gasteiger partial charge in [-0.1, -0.05) is 36.4 Å². The number of anilines is 2. The van der Waals surface area contributed by atoms with Crippen LogP contribution in [0, 0.1) is 0 Å². The lowest BCUT2D eigenvalue weighted by Crippen LogP contribution is -2.04. The Bertz CT molecular complexity index is 1220. The lowest BCUT2D eigenvalue weighted by Gasteiger charge is -2.17. The van der Waals surface area contributed by atoms with Gasteiger partial charge in [0, 0.05) is 11.4 Å². The van der Waals surface area contributed by atoms with Crippen molar-refractivity contribution in [3.63, 3.8) is 0 Å². The molecule has 0 amide bonds. The van der Waals surface area contributed by atoms with Crippen LogP contribution in [0.2, 0.25) is 0 Å². The van der Waals surface area contributed by atoms with Crippen molar-refractivity contribution in [3.05, 3.63) is 96.1 Å². The van der Waals surface area contributed by atoms with Crippen molar-refractivity contribution in [1.29, 1.82) is 0 Å². The number of hydrogen-bond acceptors (Lipinski definition) is 2. The summed E-state index contributed by atoms with van der Waals surface area (Å²) in [4.78, 5) is 0. The number of alkyl halides is 6. The van der Waals surface area contributed by atoms with Crippen LogP contribution in [0.15, 0.2) is 84.9 Å². The minimum atomic E-state index is -4.47. The van der Waals surface area contributed by atoms with Crippen molar-refractivity contribution in [2.45, 2.75) is 12.4 Å². The lowest BCUT2D eigenvalue weighted by atomic mass is 9.88. The molecule has 174 valence electrons. The molecule has 0 unspecified atom stereocenters. The molecule has 0 spiro atoms. The van der Waals surface area contributed by atoms with E-state index in [0.29, 0.717) is 44.8 Å².